The second kappa shape index (κ2) is 4.93. The van der Waals surface area contributed by atoms with Gasteiger partial charge in [0.2, 0.25) is 5.91 Å². The summed E-state index contributed by atoms with van der Waals surface area (Å²) in [5.74, 6) is -0.0690. The van der Waals surface area contributed by atoms with Crippen LogP contribution in [0.25, 0.3) is 0 Å². The Morgan fingerprint density at radius 3 is 2.60 bits per heavy atom. The lowest BCUT2D eigenvalue weighted by molar-refractivity contribution is -0.126. The van der Waals surface area contributed by atoms with Crippen molar-refractivity contribution in [1.29, 1.82) is 0 Å². The molecule has 3 rings (SSSR count). The van der Waals surface area contributed by atoms with E-state index in [0.717, 1.165) is 16.8 Å². The molecule has 0 unspecified atom stereocenters. The Balaban J connectivity index is 2.02. The van der Waals surface area contributed by atoms with Crippen molar-refractivity contribution in [2.24, 2.45) is 5.73 Å². The second-order valence-electron chi connectivity index (χ2n) is 5.04. The monoisotopic (exact) mass is 286 g/mol. The largest absolute Gasteiger partial charge is 0.318 e. The van der Waals surface area contributed by atoms with Crippen molar-refractivity contribution in [3.05, 3.63) is 64.7 Å². The van der Waals surface area contributed by atoms with E-state index in [0.29, 0.717) is 5.02 Å². The van der Waals surface area contributed by atoms with Gasteiger partial charge in [0.1, 0.15) is 6.04 Å². The molecule has 4 heteroatoms. The normalized spacial score (nSPS) is 21.8. The second-order valence-corrected chi connectivity index (χ2v) is 5.45. The number of rotatable bonds is 2. The van der Waals surface area contributed by atoms with Gasteiger partial charge in [0.15, 0.2) is 0 Å². The molecule has 1 aliphatic rings. The minimum Gasteiger partial charge on any atom is -0.318 e. The van der Waals surface area contributed by atoms with Crippen LogP contribution in [0.5, 0.6) is 0 Å². The van der Waals surface area contributed by atoms with Crippen LogP contribution in [0.2, 0.25) is 5.02 Å². The first kappa shape index (κ1) is 13.2. The van der Waals surface area contributed by atoms with Crippen molar-refractivity contribution < 1.29 is 4.79 Å². The van der Waals surface area contributed by atoms with Crippen LogP contribution < -0.4 is 10.6 Å². The molecule has 0 spiro atoms. The first-order valence-electron chi connectivity index (χ1n) is 6.49. The van der Waals surface area contributed by atoms with E-state index in [-0.39, 0.29) is 11.9 Å². The smallest absolute Gasteiger partial charge is 0.247 e. The molecule has 1 fully saturated rings. The standard InChI is InChI=1S/C16H15ClN2O/c1-10-5-4-6-11(9-10)19-15(14(18)16(19)20)12-7-2-3-8-13(12)17/h2-9,14-15H,18H2,1H3/t14-,15+/m0/s1. The maximum atomic E-state index is 12.1. The summed E-state index contributed by atoms with van der Waals surface area (Å²) in [7, 11) is 0. The van der Waals surface area contributed by atoms with Crippen LogP contribution in [0.4, 0.5) is 5.69 Å². The highest BCUT2D eigenvalue weighted by molar-refractivity contribution is 6.31. The number of aryl methyl sites for hydroxylation is 1. The number of benzene rings is 2. The van der Waals surface area contributed by atoms with E-state index in [2.05, 4.69) is 0 Å². The number of amides is 1. The Hall–Kier alpha value is -1.84. The lowest BCUT2D eigenvalue weighted by Crippen LogP contribution is -2.63. The molecule has 20 heavy (non-hydrogen) atoms. The Morgan fingerprint density at radius 2 is 1.90 bits per heavy atom. The SMILES string of the molecule is Cc1cccc(N2C(=O)[C@@H](N)[C@H]2c2ccccc2Cl)c1. The zero-order valence-electron chi connectivity index (χ0n) is 11.1. The lowest BCUT2D eigenvalue weighted by Gasteiger charge is -2.46. The number of β-lactam (4-membered cyclic amide) rings is 1. The summed E-state index contributed by atoms with van der Waals surface area (Å²) in [4.78, 5) is 13.8. The predicted molar refractivity (Wildman–Crippen MR) is 80.8 cm³/mol. The summed E-state index contributed by atoms with van der Waals surface area (Å²) in [5, 5.41) is 0.637. The van der Waals surface area contributed by atoms with Crippen LogP contribution in [-0.4, -0.2) is 11.9 Å². The molecule has 3 nitrogen and oxygen atoms in total. The van der Waals surface area contributed by atoms with E-state index in [1.807, 2.05) is 55.5 Å². The van der Waals surface area contributed by atoms with Crippen molar-refractivity contribution in [3.8, 4) is 0 Å². The number of hydrogen-bond donors (Lipinski definition) is 1. The van der Waals surface area contributed by atoms with E-state index in [9.17, 15) is 4.79 Å². The van der Waals surface area contributed by atoms with Crippen LogP contribution in [0.15, 0.2) is 48.5 Å². The van der Waals surface area contributed by atoms with Crippen LogP contribution in [-0.2, 0) is 4.79 Å². The Morgan fingerprint density at radius 1 is 1.15 bits per heavy atom. The fourth-order valence-electron chi connectivity index (χ4n) is 2.62. The van der Waals surface area contributed by atoms with Crippen LogP contribution in [0, 0.1) is 6.92 Å². The molecule has 0 radical (unpaired) electrons. The molecule has 1 amide bonds. The van der Waals surface area contributed by atoms with Gasteiger partial charge < -0.3 is 10.6 Å². The molecule has 0 bridgehead atoms. The van der Waals surface area contributed by atoms with Gasteiger partial charge >= 0.3 is 0 Å². The molecule has 1 aliphatic heterocycles. The topological polar surface area (TPSA) is 46.3 Å². The predicted octanol–water partition coefficient (Wildman–Crippen LogP) is 3.06. The summed E-state index contributed by atoms with van der Waals surface area (Å²) in [6.07, 6.45) is 0. The maximum Gasteiger partial charge on any atom is 0.247 e. The van der Waals surface area contributed by atoms with Crippen molar-refractivity contribution in [2.75, 3.05) is 4.90 Å². The van der Waals surface area contributed by atoms with Gasteiger partial charge in [0, 0.05) is 10.7 Å². The number of hydrogen-bond acceptors (Lipinski definition) is 2. The number of nitrogens with zero attached hydrogens (tertiary/aromatic N) is 1. The molecule has 1 saturated heterocycles. The molecule has 2 N–H and O–H groups in total. The summed E-state index contributed by atoms with van der Waals surface area (Å²) in [5.41, 5.74) is 8.84. The van der Waals surface area contributed by atoms with Gasteiger partial charge in [-0.05, 0) is 36.2 Å². The first-order valence-corrected chi connectivity index (χ1v) is 6.87. The Kier molecular flexibility index (Phi) is 3.24. The minimum absolute atomic E-state index is 0.0690. The van der Waals surface area contributed by atoms with Crippen LogP contribution >= 0.6 is 11.6 Å². The zero-order valence-corrected chi connectivity index (χ0v) is 11.8. The van der Waals surface area contributed by atoms with Gasteiger partial charge in [-0.2, -0.15) is 0 Å². The van der Waals surface area contributed by atoms with E-state index in [4.69, 9.17) is 17.3 Å². The maximum absolute atomic E-state index is 12.1. The molecule has 0 saturated carbocycles. The number of halogens is 1. The fourth-order valence-corrected chi connectivity index (χ4v) is 2.87. The van der Waals surface area contributed by atoms with Gasteiger partial charge in [0.25, 0.3) is 0 Å². The van der Waals surface area contributed by atoms with Crippen LogP contribution in [0.1, 0.15) is 17.2 Å². The van der Waals surface area contributed by atoms with E-state index < -0.39 is 6.04 Å². The van der Waals surface area contributed by atoms with Gasteiger partial charge in [-0.3, -0.25) is 4.79 Å². The molecule has 2 aromatic carbocycles. The quantitative estimate of drug-likeness (QED) is 0.863. The van der Waals surface area contributed by atoms with Crippen LogP contribution in [0.3, 0.4) is 0 Å². The average molecular weight is 287 g/mol. The third kappa shape index (κ3) is 1.99. The van der Waals surface area contributed by atoms with Gasteiger partial charge in [-0.1, -0.05) is 41.9 Å². The number of nitrogens with two attached hydrogens (primary N) is 1. The zero-order chi connectivity index (χ0) is 14.3. The fraction of sp³-hybridized carbons (Fsp3) is 0.188. The molecule has 0 aliphatic carbocycles. The van der Waals surface area contributed by atoms with Crippen molar-refractivity contribution >= 4 is 23.2 Å². The van der Waals surface area contributed by atoms with Crippen molar-refractivity contribution in [3.63, 3.8) is 0 Å². The molecule has 2 aromatic rings. The molecule has 102 valence electrons. The highest BCUT2D eigenvalue weighted by Gasteiger charge is 2.47. The summed E-state index contributed by atoms with van der Waals surface area (Å²) < 4.78 is 0. The molecular formula is C16H15ClN2O. The summed E-state index contributed by atoms with van der Waals surface area (Å²) in [6, 6.07) is 14.6. The third-order valence-electron chi connectivity index (χ3n) is 3.64. The highest BCUT2D eigenvalue weighted by Crippen LogP contribution is 2.40. The number of carbonyl (C=O) groups excluding carboxylic acids is 1. The summed E-state index contributed by atoms with van der Waals surface area (Å²) >= 11 is 6.24. The van der Waals surface area contributed by atoms with Crippen molar-refractivity contribution in [1.82, 2.24) is 0 Å². The van der Waals surface area contributed by atoms with E-state index in [1.165, 1.54) is 0 Å². The lowest BCUT2D eigenvalue weighted by atomic mass is 9.88. The number of anilines is 1. The highest BCUT2D eigenvalue weighted by atomic mass is 35.5. The number of carbonyl (C=O) groups is 1. The van der Waals surface area contributed by atoms with E-state index in [1.54, 1.807) is 4.90 Å². The minimum atomic E-state index is -0.532. The third-order valence-corrected chi connectivity index (χ3v) is 3.99. The molecular weight excluding hydrogens is 272 g/mol. The molecule has 1 heterocycles. The van der Waals surface area contributed by atoms with Gasteiger partial charge in [0.05, 0.1) is 6.04 Å². The van der Waals surface area contributed by atoms with Gasteiger partial charge in [-0.25, -0.2) is 0 Å². The van der Waals surface area contributed by atoms with Crippen molar-refractivity contribution in [2.45, 2.75) is 19.0 Å². The Bertz CT molecular complexity index is 671. The average Bonchev–Trinajstić information content (AvgIpc) is 2.45. The molecule has 0 aromatic heterocycles. The first-order chi connectivity index (χ1) is 9.59. The molecule has 2 atom stereocenters. The van der Waals surface area contributed by atoms with Gasteiger partial charge in [-0.15, -0.1) is 0 Å². The Labute approximate surface area is 123 Å². The van der Waals surface area contributed by atoms with E-state index >= 15 is 0 Å². The summed E-state index contributed by atoms with van der Waals surface area (Å²) in [6.45, 7) is 2.00.